The van der Waals surface area contributed by atoms with Crippen molar-refractivity contribution in [3.8, 4) is 0 Å². The summed E-state index contributed by atoms with van der Waals surface area (Å²) in [6, 6.07) is -0.432. The molecular weight excluding hydrogens is 258 g/mol. The smallest absolute Gasteiger partial charge is 0.326 e. The van der Waals surface area contributed by atoms with Crippen molar-refractivity contribution in [2.45, 2.75) is 57.0 Å². The van der Waals surface area contributed by atoms with Gasteiger partial charge in [0.2, 0.25) is 5.91 Å². The highest BCUT2D eigenvalue weighted by molar-refractivity contribution is 5.86. The first-order valence-corrected chi connectivity index (χ1v) is 7.81. The van der Waals surface area contributed by atoms with Gasteiger partial charge in [-0.3, -0.25) is 4.79 Å². The molecule has 5 heteroatoms. The highest BCUT2D eigenvalue weighted by Crippen LogP contribution is 2.41. The maximum atomic E-state index is 12.8. The van der Waals surface area contributed by atoms with Crippen LogP contribution in [0.4, 0.5) is 0 Å². The van der Waals surface area contributed by atoms with Crippen LogP contribution in [-0.2, 0) is 14.3 Å². The zero-order valence-corrected chi connectivity index (χ0v) is 11.8. The monoisotopic (exact) mass is 281 g/mol. The Bertz CT molecular complexity index is 391. The van der Waals surface area contributed by atoms with E-state index in [-0.39, 0.29) is 17.9 Å². The standard InChI is InChI=1S/C15H23NO4/c17-14(10-5-7-20-8-6-10)16-12-4-2-1-3-11(12)9-13(16)15(18)19/h10-13H,1-9H2,(H,18,19)/t11-,12+,13+/m1/s1. The second-order valence-corrected chi connectivity index (χ2v) is 6.33. The molecule has 3 atom stereocenters. The molecule has 2 heterocycles. The van der Waals surface area contributed by atoms with E-state index < -0.39 is 12.0 Å². The molecule has 20 heavy (non-hydrogen) atoms. The first-order chi connectivity index (χ1) is 9.68. The van der Waals surface area contributed by atoms with Crippen molar-refractivity contribution < 1.29 is 19.4 Å². The molecule has 0 aromatic carbocycles. The van der Waals surface area contributed by atoms with Gasteiger partial charge in [0.25, 0.3) is 0 Å². The lowest BCUT2D eigenvalue weighted by Gasteiger charge is -2.36. The Labute approximate surface area is 119 Å². The minimum atomic E-state index is -0.834. The first-order valence-electron chi connectivity index (χ1n) is 7.81. The van der Waals surface area contributed by atoms with Gasteiger partial charge < -0.3 is 14.7 Å². The molecule has 1 N–H and O–H groups in total. The number of carbonyl (C=O) groups is 2. The highest BCUT2D eigenvalue weighted by Gasteiger charge is 2.48. The Morgan fingerprint density at radius 3 is 2.45 bits per heavy atom. The van der Waals surface area contributed by atoms with E-state index in [0.29, 0.717) is 25.6 Å². The van der Waals surface area contributed by atoms with Gasteiger partial charge in [0, 0.05) is 25.2 Å². The molecule has 1 aliphatic carbocycles. The van der Waals surface area contributed by atoms with Crippen LogP contribution in [0.2, 0.25) is 0 Å². The van der Waals surface area contributed by atoms with E-state index in [0.717, 1.165) is 32.1 Å². The molecule has 2 aliphatic heterocycles. The van der Waals surface area contributed by atoms with Gasteiger partial charge in [0.15, 0.2) is 0 Å². The van der Waals surface area contributed by atoms with Crippen LogP contribution in [0.15, 0.2) is 0 Å². The number of carbonyl (C=O) groups excluding carboxylic acids is 1. The van der Waals surface area contributed by atoms with Crippen LogP contribution in [0.1, 0.15) is 44.9 Å². The van der Waals surface area contributed by atoms with E-state index in [2.05, 4.69) is 0 Å². The predicted molar refractivity (Wildman–Crippen MR) is 72.2 cm³/mol. The van der Waals surface area contributed by atoms with E-state index >= 15 is 0 Å². The van der Waals surface area contributed by atoms with E-state index in [1.54, 1.807) is 4.90 Å². The van der Waals surface area contributed by atoms with Crippen molar-refractivity contribution in [3.05, 3.63) is 0 Å². The van der Waals surface area contributed by atoms with Crippen LogP contribution < -0.4 is 0 Å². The number of hydrogen-bond acceptors (Lipinski definition) is 3. The van der Waals surface area contributed by atoms with Crippen molar-refractivity contribution in [2.75, 3.05) is 13.2 Å². The van der Waals surface area contributed by atoms with Crippen molar-refractivity contribution in [1.29, 1.82) is 0 Å². The molecule has 1 saturated carbocycles. The quantitative estimate of drug-likeness (QED) is 0.836. The SMILES string of the molecule is O=C(O)[C@@H]1C[C@H]2CCCC[C@@H]2N1C(=O)C1CCOCC1. The summed E-state index contributed by atoms with van der Waals surface area (Å²) in [5.41, 5.74) is 0. The number of likely N-dealkylation sites (tertiary alicyclic amines) is 1. The molecule has 0 unspecified atom stereocenters. The lowest BCUT2D eigenvalue weighted by Crippen LogP contribution is -2.49. The molecule has 0 bridgehead atoms. The molecule has 3 fully saturated rings. The Balaban J connectivity index is 1.79. The highest BCUT2D eigenvalue weighted by atomic mass is 16.5. The maximum absolute atomic E-state index is 12.8. The van der Waals surface area contributed by atoms with E-state index in [4.69, 9.17) is 4.74 Å². The van der Waals surface area contributed by atoms with Crippen LogP contribution in [0, 0.1) is 11.8 Å². The number of carboxylic acid groups (broad SMARTS) is 1. The summed E-state index contributed by atoms with van der Waals surface area (Å²) in [5.74, 6) is -0.408. The third-order valence-electron chi connectivity index (χ3n) is 5.20. The second kappa shape index (κ2) is 5.72. The third-order valence-corrected chi connectivity index (χ3v) is 5.20. The average Bonchev–Trinajstić information content (AvgIpc) is 2.87. The van der Waals surface area contributed by atoms with Crippen LogP contribution in [0.3, 0.4) is 0 Å². The fourth-order valence-corrected chi connectivity index (χ4v) is 4.15. The van der Waals surface area contributed by atoms with Gasteiger partial charge in [-0.05, 0) is 38.0 Å². The summed E-state index contributed by atoms with van der Waals surface area (Å²) in [6.07, 6.45) is 6.46. The summed E-state index contributed by atoms with van der Waals surface area (Å²) in [4.78, 5) is 26.0. The minimum Gasteiger partial charge on any atom is -0.480 e. The van der Waals surface area contributed by atoms with E-state index in [9.17, 15) is 14.7 Å². The minimum absolute atomic E-state index is 0.0359. The molecule has 1 amide bonds. The number of rotatable bonds is 2. The number of aliphatic carboxylic acids is 1. The summed E-state index contributed by atoms with van der Waals surface area (Å²) in [7, 11) is 0. The predicted octanol–water partition coefficient (Wildman–Crippen LogP) is 1.66. The summed E-state index contributed by atoms with van der Waals surface area (Å²) < 4.78 is 5.31. The Hall–Kier alpha value is -1.10. The van der Waals surface area contributed by atoms with Crippen LogP contribution in [0.5, 0.6) is 0 Å². The fraction of sp³-hybridized carbons (Fsp3) is 0.867. The number of nitrogens with zero attached hydrogens (tertiary/aromatic N) is 1. The fourth-order valence-electron chi connectivity index (χ4n) is 4.15. The number of amides is 1. The molecule has 5 nitrogen and oxygen atoms in total. The zero-order chi connectivity index (χ0) is 14.1. The second-order valence-electron chi connectivity index (χ2n) is 6.33. The summed E-state index contributed by atoms with van der Waals surface area (Å²) in [5, 5.41) is 9.46. The first kappa shape index (κ1) is 13.9. The van der Waals surface area contributed by atoms with Gasteiger partial charge in [-0.15, -0.1) is 0 Å². The molecule has 0 aromatic heterocycles. The molecule has 0 aromatic rings. The zero-order valence-electron chi connectivity index (χ0n) is 11.8. The number of ether oxygens (including phenoxy) is 1. The van der Waals surface area contributed by atoms with Crippen molar-refractivity contribution >= 4 is 11.9 Å². The summed E-state index contributed by atoms with van der Waals surface area (Å²) in [6.45, 7) is 1.24. The topological polar surface area (TPSA) is 66.8 Å². The van der Waals surface area contributed by atoms with E-state index in [1.165, 1.54) is 6.42 Å². The molecule has 3 aliphatic rings. The summed E-state index contributed by atoms with van der Waals surface area (Å²) >= 11 is 0. The largest absolute Gasteiger partial charge is 0.480 e. The number of fused-ring (bicyclic) bond motifs is 1. The van der Waals surface area contributed by atoms with Gasteiger partial charge in [0.05, 0.1) is 0 Å². The lowest BCUT2D eigenvalue weighted by molar-refractivity contribution is -0.153. The van der Waals surface area contributed by atoms with Crippen LogP contribution in [-0.4, -0.2) is 47.2 Å². The molecule has 2 saturated heterocycles. The number of carboxylic acids is 1. The van der Waals surface area contributed by atoms with Crippen molar-refractivity contribution in [2.24, 2.45) is 11.8 Å². The van der Waals surface area contributed by atoms with Crippen LogP contribution >= 0.6 is 0 Å². The number of hydrogen-bond donors (Lipinski definition) is 1. The van der Waals surface area contributed by atoms with Gasteiger partial charge in [-0.1, -0.05) is 12.8 Å². The molecule has 0 radical (unpaired) electrons. The Morgan fingerprint density at radius 1 is 1.05 bits per heavy atom. The normalized spacial score (nSPS) is 34.8. The maximum Gasteiger partial charge on any atom is 0.326 e. The van der Waals surface area contributed by atoms with Crippen molar-refractivity contribution in [3.63, 3.8) is 0 Å². The molecular formula is C15H23NO4. The van der Waals surface area contributed by atoms with Gasteiger partial charge in [-0.2, -0.15) is 0 Å². The Kier molecular flexibility index (Phi) is 3.96. The Morgan fingerprint density at radius 2 is 1.75 bits per heavy atom. The average molecular weight is 281 g/mol. The van der Waals surface area contributed by atoms with Crippen molar-refractivity contribution in [1.82, 2.24) is 4.90 Å². The molecule has 112 valence electrons. The lowest BCUT2D eigenvalue weighted by atomic mass is 9.84. The third kappa shape index (κ3) is 2.43. The van der Waals surface area contributed by atoms with Gasteiger partial charge in [0.1, 0.15) is 6.04 Å². The molecule has 3 rings (SSSR count). The van der Waals surface area contributed by atoms with Crippen LogP contribution in [0.25, 0.3) is 0 Å². The molecule has 0 spiro atoms. The van der Waals surface area contributed by atoms with Gasteiger partial charge in [-0.25, -0.2) is 4.79 Å². The van der Waals surface area contributed by atoms with Gasteiger partial charge >= 0.3 is 5.97 Å². The van der Waals surface area contributed by atoms with E-state index in [1.807, 2.05) is 0 Å².